The summed E-state index contributed by atoms with van der Waals surface area (Å²) in [7, 11) is -9.18. The number of nitrogens with two attached hydrogens (primary N) is 1. The molecule has 0 fully saturated rings. The van der Waals surface area contributed by atoms with Crippen LogP contribution in [0.4, 0.5) is 41.1 Å². The summed E-state index contributed by atoms with van der Waals surface area (Å²) in [6.45, 7) is 5.17. The van der Waals surface area contributed by atoms with E-state index in [1.165, 1.54) is 48.6 Å². The maximum atomic E-state index is 12.1. The zero-order valence-electron chi connectivity index (χ0n) is 34.7. The number of aryl methyl sites for hydroxylation is 1. The summed E-state index contributed by atoms with van der Waals surface area (Å²) in [5, 5.41) is 35.5. The van der Waals surface area contributed by atoms with E-state index in [0.29, 0.717) is 57.0 Å². The van der Waals surface area contributed by atoms with Crippen LogP contribution >= 0.6 is 0 Å². The van der Waals surface area contributed by atoms with Crippen LogP contribution in [0.5, 0.6) is 0 Å². The molecule has 6 aromatic rings. The number of anilines is 7. The van der Waals surface area contributed by atoms with Crippen LogP contribution in [0.2, 0.25) is 0 Å². The van der Waals surface area contributed by atoms with Gasteiger partial charge in [-0.05, 0) is 48.4 Å². The molecule has 340 valence electrons. The molecule has 64 heavy (non-hydrogen) atoms. The molecule has 0 aliphatic rings. The SMILES string of the molecule is Cc1nc(NCCNCCO)nc(Nc2ccc(/C=C/c3ccccc3S(=O)(=O)O)c(S(=O)(=O)O)c2)n1.Nc1nc(NCCNCCO)nc(Nc2ccccc2)n1.c1ccccc1. The van der Waals surface area contributed by atoms with Crippen LogP contribution in [0.3, 0.4) is 0 Å². The first kappa shape index (κ1) is 50.0. The molecule has 0 radical (unpaired) electrons. The fourth-order valence-corrected chi connectivity index (χ4v) is 6.64. The van der Waals surface area contributed by atoms with E-state index in [1.807, 2.05) is 66.7 Å². The van der Waals surface area contributed by atoms with Crippen molar-refractivity contribution in [2.75, 3.05) is 79.5 Å². The second-order valence-electron chi connectivity index (χ2n) is 13.0. The number of hydrogen-bond acceptors (Lipinski definition) is 19. The molecule has 2 aromatic heterocycles. The molecule has 0 atom stereocenters. The van der Waals surface area contributed by atoms with Crippen molar-refractivity contribution in [2.45, 2.75) is 16.7 Å². The Labute approximate surface area is 371 Å². The molecule has 0 unspecified atom stereocenters. The van der Waals surface area contributed by atoms with E-state index in [-0.39, 0.29) is 52.8 Å². The Balaban J connectivity index is 0.000000276. The second-order valence-corrected chi connectivity index (χ2v) is 15.8. The van der Waals surface area contributed by atoms with Gasteiger partial charge in [0.2, 0.25) is 29.7 Å². The maximum absolute atomic E-state index is 12.1. The highest BCUT2D eigenvalue weighted by Gasteiger charge is 2.17. The molecule has 0 aliphatic heterocycles. The highest BCUT2D eigenvalue weighted by molar-refractivity contribution is 7.86. The number of para-hydroxylation sites is 1. The molecule has 23 heteroatoms. The standard InChI is InChI=1S/C22H26N6O7S2.C13H19N7O.C6H6/c1-15-25-21(24-11-10-23-12-13-29)28-22(26-15)27-18-9-8-17(20(14-18)37(33,34)35)7-6-16-4-2-3-5-19(16)36(30,31)32;14-11-18-12(16-7-6-15-8-9-21)20-13(19-11)17-10-4-2-1-3-5-10;1-2-4-6-5-3-1/h2-9,14,23,29H,10-13H2,1H3,(H,30,31,32)(H,33,34,35)(H2,24,25,26,27,28);1-5,15,21H,6-9H2,(H4,14,16,17,18,19,20);1-6H/b7-6+;;. The first-order valence-corrected chi connectivity index (χ1v) is 22.4. The minimum absolute atomic E-state index is 0.0247. The normalized spacial score (nSPS) is 11.1. The van der Waals surface area contributed by atoms with Gasteiger partial charge in [-0.15, -0.1) is 0 Å². The monoisotopic (exact) mass is 917 g/mol. The van der Waals surface area contributed by atoms with Gasteiger partial charge in [0, 0.05) is 50.6 Å². The Kier molecular flexibility index (Phi) is 20.3. The molecule has 0 saturated carbocycles. The molecule has 4 aromatic carbocycles. The van der Waals surface area contributed by atoms with Crippen molar-refractivity contribution in [1.82, 2.24) is 40.5 Å². The topological polar surface area (TPSA) is 325 Å². The van der Waals surface area contributed by atoms with E-state index < -0.39 is 25.1 Å². The van der Waals surface area contributed by atoms with Gasteiger partial charge < -0.3 is 47.8 Å². The highest BCUT2D eigenvalue weighted by atomic mass is 32.2. The average Bonchev–Trinajstić information content (AvgIpc) is 3.26. The minimum atomic E-state index is -4.68. The van der Waals surface area contributed by atoms with Gasteiger partial charge in [-0.1, -0.05) is 91.0 Å². The van der Waals surface area contributed by atoms with Crippen LogP contribution < -0.4 is 37.6 Å². The number of nitrogens with zero attached hydrogens (tertiary/aromatic N) is 6. The molecular formula is C41H51N13O8S2. The molecule has 0 spiro atoms. The van der Waals surface area contributed by atoms with Crippen molar-refractivity contribution in [1.29, 1.82) is 0 Å². The summed E-state index contributed by atoms with van der Waals surface area (Å²) >= 11 is 0. The fraction of sp³-hybridized carbons (Fsp3) is 0.220. The third-order valence-corrected chi connectivity index (χ3v) is 9.87. The molecule has 0 aliphatic carbocycles. The third-order valence-electron chi connectivity index (χ3n) is 8.03. The van der Waals surface area contributed by atoms with Crippen molar-refractivity contribution in [3.63, 3.8) is 0 Å². The van der Waals surface area contributed by atoms with Gasteiger partial charge in [-0.3, -0.25) is 9.11 Å². The van der Waals surface area contributed by atoms with Gasteiger partial charge in [-0.2, -0.15) is 46.7 Å². The van der Waals surface area contributed by atoms with Crippen LogP contribution in [0.25, 0.3) is 12.2 Å². The first-order chi connectivity index (χ1) is 30.7. The van der Waals surface area contributed by atoms with Gasteiger partial charge in [0.1, 0.15) is 15.6 Å². The lowest BCUT2D eigenvalue weighted by atomic mass is 10.1. The fourth-order valence-electron chi connectivity index (χ4n) is 5.25. The zero-order valence-corrected chi connectivity index (χ0v) is 36.3. The number of nitrogens with one attached hydrogen (secondary N) is 6. The Morgan fingerprint density at radius 1 is 0.516 bits per heavy atom. The van der Waals surface area contributed by atoms with Gasteiger partial charge in [0.25, 0.3) is 20.2 Å². The van der Waals surface area contributed by atoms with Crippen LogP contribution in [-0.4, -0.2) is 119 Å². The van der Waals surface area contributed by atoms with Crippen molar-refractivity contribution < 1.29 is 36.2 Å². The van der Waals surface area contributed by atoms with Crippen molar-refractivity contribution >= 4 is 73.5 Å². The summed E-state index contributed by atoms with van der Waals surface area (Å²) in [6.07, 6.45) is 2.61. The molecule has 6 rings (SSSR count). The van der Waals surface area contributed by atoms with Crippen molar-refractivity contribution in [3.05, 3.63) is 126 Å². The summed E-state index contributed by atoms with van der Waals surface area (Å²) in [6, 6.07) is 31.3. The van der Waals surface area contributed by atoms with E-state index in [9.17, 15) is 25.9 Å². The molecule has 0 bridgehead atoms. The van der Waals surface area contributed by atoms with Crippen molar-refractivity contribution in [2.24, 2.45) is 0 Å². The Morgan fingerprint density at radius 2 is 0.969 bits per heavy atom. The number of aliphatic hydroxyl groups excluding tert-OH is 2. The lowest BCUT2D eigenvalue weighted by Gasteiger charge is -2.11. The first-order valence-electron chi connectivity index (χ1n) is 19.6. The maximum Gasteiger partial charge on any atom is 0.295 e. The Morgan fingerprint density at radius 3 is 1.53 bits per heavy atom. The predicted molar refractivity (Wildman–Crippen MR) is 247 cm³/mol. The number of rotatable bonds is 20. The summed E-state index contributed by atoms with van der Waals surface area (Å²) in [4.78, 5) is 24.1. The zero-order chi connectivity index (χ0) is 46.2. The van der Waals surface area contributed by atoms with Gasteiger partial charge in [0.15, 0.2) is 0 Å². The minimum Gasteiger partial charge on any atom is -0.395 e. The third kappa shape index (κ3) is 18.3. The van der Waals surface area contributed by atoms with Crippen LogP contribution in [0.15, 0.2) is 119 Å². The lowest BCUT2D eigenvalue weighted by Crippen LogP contribution is -2.25. The van der Waals surface area contributed by atoms with E-state index in [4.69, 9.17) is 15.9 Å². The van der Waals surface area contributed by atoms with Crippen LogP contribution in [-0.2, 0) is 20.2 Å². The Bertz CT molecular complexity index is 2570. The Hall–Kier alpha value is -6.70. The predicted octanol–water partition coefficient (Wildman–Crippen LogP) is 3.46. The number of nitrogen functional groups attached to an aromatic ring is 1. The van der Waals surface area contributed by atoms with E-state index in [2.05, 4.69) is 61.8 Å². The summed E-state index contributed by atoms with van der Waals surface area (Å²) in [5.74, 6) is 1.76. The smallest absolute Gasteiger partial charge is 0.295 e. The lowest BCUT2D eigenvalue weighted by molar-refractivity contribution is 0.293. The second kappa shape index (κ2) is 26.0. The average molecular weight is 918 g/mol. The quantitative estimate of drug-likeness (QED) is 0.0297. The number of hydrogen-bond donors (Lipinski definition) is 11. The van der Waals surface area contributed by atoms with Gasteiger partial charge in [0.05, 0.1) is 13.2 Å². The summed E-state index contributed by atoms with van der Waals surface area (Å²) in [5.41, 5.74) is 7.00. The molecule has 0 saturated heterocycles. The molecule has 21 nitrogen and oxygen atoms in total. The van der Waals surface area contributed by atoms with Crippen LogP contribution in [0.1, 0.15) is 17.0 Å². The van der Waals surface area contributed by atoms with Crippen molar-refractivity contribution in [3.8, 4) is 0 Å². The van der Waals surface area contributed by atoms with Crippen LogP contribution in [0, 0.1) is 6.92 Å². The largest absolute Gasteiger partial charge is 0.395 e. The molecule has 2 heterocycles. The van der Waals surface area contributed by atoms with Gasteiger partial charge >= 0.3 is 0 Å². The highest BCUT2D eigenvalue weighted by Crippen LogP contribution is 2.26. The van der Waals surface area contributed by atoms with E-state index in [0.717, 1.165) is 5.69 Å². The number of aliphatic hydroxyl groups is 2. The molecular weight excluding hydrogens is 867 g/mol. The van der Waals surface area contributed by atoms with E-state index >= 15 is 0 Å². The number of aromatic nitrogens is 6. The molecule has 12 N–H and O–H groups in total. The number of benzene rings is 4. The molecule has 0 amide bonds. The summed E-state index contributed by atoms with van der Waals surface area (Å²) < 4.78 is 66.6. The van der Waals surface area contributed by atoms with Gasteiger partial charge in [-0.25, -0.2) is 0 Å². The van der Waals surface area contributed by atoms with E-state index in [1.54, 1.807) is 13.0 Å².